The van der Waals surface area contributed by atoms with Crippen molar-refractivity contribution in [3.63, 3.8) is 0 Å². The topological polar surface area (TPSA) is 26.0 Å². The number of unbranched alkanes of at least 4 members (excludes halogenated alkanes) is 2. The number of hydrogen-bond donors (Lipinski definition) is 1. The van der Waals surface area contributed by atoms with Crippen LogP contribution >= 0.6 is 0 Å². The van der Waals surface area contributed by atoms with E-state index >= 15 is 0 Å². The van der Waals surface area contributed by atoms with Crippen LogP contribution in [0.1, 0.15) is 37.3 Å². The van der Waals surface area contributed by atoms with Gasteiger partial charge in [-0.1, -0.05) is 74.4 Å². The first-order valence-electron chi connectivity index (χ1n) is 6.93. The monoisotopic (exact) mass is 251 g/mol. The number of rotatable bonds is 5. The molecule has 0 saturated heterocycles. The van der Waals surface area contributed by atoms with E-state index in [4.69, 9.17) is 5.73 Å². The van der Waals surface area contributed by atoms with Gasteiger partial charge in [0.15, 0.2) is 0 Å². The highest BCUT2D eigenvalue weighted by Gasteiger charge is 2.07. The number of para-hydroxylation sites is 1. The molecule has 2 N–H and O–H groups in total. The lowest BCUT2D eigenvalue weighted by molar-refractivity contribution is 0.815. The van der Waals surface area contributed by atoms with E-state index in [1.807, 2.05) is 24.3 Å². The number of hydrogen-bond acceptors (Lipinski definition) is 1. The maximum atomic E-state index is 6.12. The molecule has 98 valence electrons. The summed E-state index contributed by atoms with van der Waals surface area (Å²) in [5.74, 6) is 0. The Kier molecular flexibility index (Phi) is 4.79. The van der Waals surface area contributed by atoms with Gasteiger partial charge in [0.25, 0.3) is 0 Å². The average Bonchev–Trinajstić information content (AvgIpc) is 2.46. The van der Waals surface area contributed by atoms with Gasteiger partial charge in [-0.15, -0.1) is 0 Å². The first kappa shape index (κ1) is 13.4. The summed E-state index contributed by atoms with van der Waals surface area (Å²) in [6.07, 6.45) is 5.82. The predicted molar refractivity (Wildman–Crippen MR) is 83.9 cm³/mol. The molecule has 19 heavy (non-hydrogen) atoms. The van der Waals surface area contributed by atoms with Crippen molar-refractivity contribution in [1.29, 1.82) is 0 Å². The molecular formula is C18H21N. The van der Waals surface area contributed by atoms with Crippen molar-refractivity contribution in [2.75, 3.05) is 5.73 Å². The van der Waals surface area contributed by atoms with Crippen LogP contribution in [-0.4, -0.2) is 0 Å². The van der Waals surface area contributed by atoms with Gasteiger partial charge in [-0.25, -0.2) is 0 Å². The van der Waals surface area contributed by atoms with Crippen LogP contribution in [0.25, 0.3) is 5.57 Å². The van der Waals surface area contributed by atoms with Crippen molar-refractivity contribution < 1.29 is 0 Å². The fourth-order valence-corrected chi connectivity index (χ4v) is 2.19. The van der Waals surface area contributed by atoms with Gasteiger partial charge in [0.2, 0.25) is 0 Å². The molecule has 0 heterocycles. The van der Waals surface area contributed by atoms with Crippen LogP contribution < -0.4 is 5.73 Å². The number of anilines is 1. The lowest BCUT2D eigenvalue weighted by atomic mass is 9.95. The van der Waals surface area contributed by atoms with Gasteiger partial charge < -0.3 is 5.73 Å². The third kappa shape index (κ3) is 3.47. The second-order valence-electron chi connectivity index (χ2n) is 4.71. The normalized spacial score (nSPS) is 11.5. The van der Waals surface area contributed by atoms with Crippen LogP contribution in [0.3, 0.4) is 0 Å². The molecule has 0 fully saturated rings. The van der Waals surface area contributed by atoms with Gasteiger partial charge in [-0.3, -0.25) is 0 Å². The molecule has 2 aromatic carbocycles. The Hall–Kier alpha value is -2.02. The van der Waals surface area contributed by atoms with E-state index in [2.05, 4.69) is 43.3 Å². The zero-order valence-electron chi connectivity index (χ0n) is 11.5. The van der Waals surface area contributed by atoms with E-state index in [0.717, 1.165) is 17.7 Å². The van der Waals surface area contributed by atoms with Gasteiger partial charge in [0, 0.05) is 11.3 Å². The lowest BCUT2D eigenvalue weighted by Crippen LogP contribution is -1.95. The standard InChI is InChI=1S/C18H21N/c1-2-3-5-12-16(15-10-6-4-7-11-15)17-13-8-9-14-18(17)19/h4,6-14H,2-3,5,19H2,1H3/b16-12-. The second-order valence-corrected chi connectivity index (χ2v) is 4.71. The van der Waals surface area contributed by atoms with E-state index in [0.29, 0.717) is 0 Å². The van der Waals surface area contributed by atoms with Crippen LogP contribution in [0.2, 0.25) is 0 Å². The molecule has 0 bridgehead atoms. The number of nitrogens with two attached hydrogens (primary N) is 1. The minimum Gasteiger partial charge on any atom is -0.398 e. The van der Waals surface area contributed by atoms with Gasteiger partial charge in [-0.2, -0.15) is 0 Å². The number of allylic oxidation sites excluding steroid dienone is 1. The van der Waals surface area contributed by atoms with E-state index in [9.17, 15) is 0 Å². The summed E-state index contributed by atoms with van der Waals surface area (Å²) < 4.78 is 0. The summed E-state index contributed by atoms with van der Waals surface area (Å²) in [5.41, 5.74) is 10.6. The molecule has 0 atom stereocenters. The van der Waals surface area contributed by atoms with E-state index in [-0.39, 0.29) is 0 Å². The van der Waals surface area contributed by atoms with Gasteiger partial charge in [0.1, 0.15) is 0 Å². The molecule has 0 aliphatic rings. The quantitative estimate of drug-likeness (QED) is 0.594. The summed E-state index contributed by atoms with van der Waals surface area (Å²) in [7, 11) is 0. The van der Waals surface area contributed by atoms with Crippen molar-refractivity contribution in [3.8, 4) is 0 Å². The Labute approximate surface area is 115 Å². The maximum absolute atomic E-state index is 6.12. The molecule has 0 spiro atoms. The summed E-state index contributed by atoms with van der Waals surface area (Å²) in [5, 5.41) is 0. The molecule has 0 aliphatic heterocycles. The Morgan fingerprint density at radius 3 is 2.37 bits per heavy atom. The molecule has 0 aromatic heterocycles. The summed E-state index contributed by atoms with van der Waals surface area (Å²) >= 11 is 0. The second kappa shape index (κ2) is 6.79. The summed E-state index contributed by atoms with van der Waals surface area (Å²) in [6, 6.07) is 18.6. The highest BCUT2D eigenvalue weighted by atomic mass is 14.6. The van der Waals surface area contributed by atoms with Crippen molar-refractivity contribution >= 4 is 11.3 Å². The molecular weight excluding hydrogens is 230 g/mol. The Bertz CT molecular complexity index is 541. The highest BCUT2D eigenvalue weighted by molar-refractivity contribution is 5.85. The van der Waals surface area contributed by atoms with Gasteiger partial charge in [-0.05, 0) is 23.6 Å². The van der Waals surface area contributed by atoms with Crippen molar-refractivity contribution in [2.24, 2.45) is 0 Å². The Morgan fingerprint density at radius 1 is 1.00 bits per heavy atom. The minimum absolute atomic E-state index is 0.842. The molecule has 0 aliphatic carbocycles. The smallest absolute Gasteiger partial charge is 0.0393 e. The van der Waals surface area contributed by atoms with Crippen LogP contribution in [0.4, 0.5) is 5.69 Å². The fourth-order valence-electron chi connectivity index (χ4n) is 2.19. The molecule has 0 radical (unpaired) electrons. The van der Waals surface area contributed by atoms with Crippen LogP contribution in [-0.2, 0) is 0 Å². The number of nitrogen functional groups attached to an aromatic ring is 1. The minimum atomic E-state index is 0.842. The molecule has 2 rings (SSSR count). The molecule has 1 nitrogen and oxygen atoms in total. The first-order chi connectivity index (χ1) is 9.33. The molecule has 2 aromatic rings. The van der Waals surface area contributed by atoms with Crippen molar-refractivity contribution in [1.82, 2.24) is 0 Å². The molecule has 0 saturated carbocycles. The zero-order valence-corrected chi connectivity index (χ0v) is 11.5. The summed E-state index contributed by atoms with van der Waals surface area (Å²) in [6.45, 7) is 2.22. The largest absolute Gasteiger partial charge is 0.398 e. The predicted octanol–water partition coefficient (Wildman–Crippen LogP) is 4.89. The van der Waals surface area contributed by atoms with Crippen LogP contribution in [0.15, 0.2) is 60.7 Å². The molecule has 0 amide bonds. The van der Waals surface area contributed by atoms with Crippen molar-refractivity contribution in [3.05, 3.63) is 71.8 Å². The lowest BCUT2D eigenvalue weighted by Gasteiger charge is -2.11. The zero-order chi connectivity index (χ0) is 13.5. The fraction of sp³-hybridized carbons (Fsp3) is 0.222. The number of benzene rings is 2. The van der Waals surface area contributed by atoms with E-state index < -0.39 is 0 Å². The molecule has 0 unspecified atom stereocenters. The van der Waals surface area contributed by atoms with Gasteiger partial charge in [0.05, 0.1) is 0 Å². The highest BCUT2D eigenvalue weighted by Crippen LogP contribution is 2.28. The van der Waals surface area contributed by atoms with Crippen LogP contribution in [0.5, 0.6) is 0 Å². The SMILES string of the molecule is CCCC/C=C(/c1ccccc1)c1ccccc1N. The van der Waals surface area contributed by atoms with Crippen molar-refractivity contribution in [2.45, 2.75) is 26.2 Å². The summed E-state index contributed by atoms with van der Waals surface area (Å²) in [4.78, 5) is 0. The molecule has 1 heteroatoms. The van der Waals surface area contributed by atoms with Gasteiger partial charge >= 0.3 is 0 Å². The average molecular weight is 251 g/mol. The first-order valence-corrected chi connectivity index (χ1v) is 6.93. The Morgan fingerprint density at radius 2 is 1.68 bits per heavy atom. The maximum Gasteiger partial charge on any atom is 0.0393 e. The van der Waals surface area contributed by atoms with E-state index in [1.54, 1.807) is 0 Å². The Balaban J connectivity index is 2.41. The third-order valence-electron chi connectivity index (χ3n) is 3.24. The van der Waals surface area contributed by atoms with E-state index in [1.165, 1.54) is 24.0 Å². The van der Waals surface area contributed by atoms with Crippen LogP contribution in [0, 0.1) is 0 Å². The third-order valence-corrected chi connectivity index (χ3v) is 3.24.